The largest absolute Gasteiger partial charge is 0.381 e. The molecule has 2 N–H and O–H groups in total. The molecule has 2 aliphatic rings. The van der Waals surface area contributed by atoms with Crippen molar-refractivity contribution in [2.24, 2.45) is 5.92 Å². The topological polar surface area (TPSA) is 92.3 Å². The second-order valence-electron chi connectivity index (χ2n) is 8.36. The van der Waals surface area contributed by atoms with Crippen LogP contribution in [0.1, 0.15) is 30.9 Å². The highest BCUT2D eigenvalue weighted by molar-refractivity contribution is 5.92. The molecule has 1 atom stereocenters. The summed E-state index contributed by atoms with van der Waals surface area (Å²) in [4.78, 5) is 30.5. The number of likely N-dealkylation sites (tertiary alicyclic amines) is 1. The van der Waals surface area contributed by atoms with Gasteiger partial charge in [0.25, 0.3) is 0 Å². The Morgan fingerprint density at radius 3 is 2.81 bits per heavy atom. The average Bonchev–Trinajstić information content (AvgIpc) is 3.56. The minimum atomic E-state index is -0.0904. The van der Waals surface area contributed by atoms with Crippen molar-refractivity contribution in [3.05, 3.63) is 48.3 Å². The number of hydrogen-bond donors (Lipinski definition) is 2. The quantitative estimate of drug-likeness (QED) is 0.663. The van der Waals surface area contributed by atoms with Crippen molar-refractivity contribution in [3.63, 3.8) is 0 Å². The maximum Gasteiger partial charge on any atom is 0.231 e. The number of ether oxygens (including phenoxy) is 1. The van der Waals surface area contributed by atoms with Gasteiger partial charge in [0.1, 0.15) is 5.82 Å². The highest BCUT2D eigenvalue weighted by atomic mass is 16.5. The molecule has 0 saturated carbocycles. The van der Waals surface area contributed by atoms with Gasteiger partial charge < -0.3 is 19.9 Å². The number of para-hydroxylation sites is 1. The molecule has 0 bridgehead atoms. The lowest BCUT2D eigenvalue weighted by Crippen LogP contribution is -2.40. The number of piperidine rings is 1. The molecule has 0 aliphatic carbocycles. The van der Waals surface area contributed by atoms with Crippen LogP contribution in [0.25, 0.3) is 10.9 Å². The zero-order valence-corrected chi connectivity index (χ0v) is 17.4. The first-order chi connectivity index (χ1) is 15.2. The molecule has 0 radical (unpaired) electrons. The minimum Gasteiger partial charge on any atom is -0.381 e. The number of amides is 2. The van der Waals surface area contributed by atoms with Gasteiger partial charge >= 0.3 is 0 Å². The fourth-order valence-electron chi connectivity index (χ4n) is 4.59. The summed E-state index contributed by atoms with van der Waals surface area (Å²) in [5, 5.41) is 8.56. The molecule has 2 saturated heterocycles. The number of rotatable bonds is 5. The summed E-state index contributed by atoms with van der Waals surface area (Å²) in [5.74, 6) is 0.775. The van der Waals surface area contributed by atoms with Crippen molar-refractivity contribution in [1.29, 1.82) is 0 Å². The molecule has 5 rings (SSSR count). The van der Waals surface area contributed by atoms with Crippen molar-refractivity contribution in [2.75, 3.05) is 31.6 Å². The molecule has 8 heteroatoms. The number of carbonyl (C=O) groups is 2. The Morgan fingerprint density at radius 1 is 1.16 bits per heavy atom. The summed E-state index contributed by atoms with van der Waals surface area (Å²) in [6, 6.07) is 10.1. The van der Waals surface area contributed by atoms with Gasteiger partial charge in [0, 0.05) is 42.9 Å². The molecule has 0 unspecified atom stereocenters. The maximum absolute atomic E-state index is 12.9. The smallest absolute Gasteiger partial charge is 0.231 e. The van der Waals surface area contributed by atoms with Crippen LogP contribution in [-0.2, 0) is 20.7 Å². The van der Waals surface area contributed by atoms with Gasteiger partial charge in [-0.25, -0.2) is 4.68 Å². The number of nitrogens with one attached hydrogen (secondary N) is 2. The lowest BCUT2D eigenvalue weighted by molar-refractivity contribution is -0.131. The molecule has 2 aliphatic heterocycles. The van der Waals surface area contributed by atoms with Crippen molar-refractivity contribution in [1.82, 2.24) is 19.7 Å². The van der Waals surface area contributed by atoms with Crippen LogP contribution < -0.4 is 5.32 Å². The van der Waals surface area contributed by atoms with Crippen LogP contribution in [0.2, 0.25) is 0 Å². The van der Waals surface area contributed by atoms with Crippen molar-refractivity contribution in [2.45, 2.75) is 31.7 Å². The van der Waals surface area contributed by atoms with E-state index in [1.807, 2.05) is 46.1 Å². The molecule has 31 heavy (non-hydrogen) atoms. The normalized spacial score (nSPS) is 19.7. The van der Waals surface area contributed by atoms with Gasteiger partial charge in [-0.3, -0.25) is 9.59 Å². The lowest BCUT2D eigenvalue weighted by Gasteiger charge is -2.33. The summed E-state index contributed by atoms with van der Waals surface area (Å²) in [7, 11) is 0. The maximum atomic E-state index is 12.9. The van der Waals surface area contributed by atoms with Crippen LogP contribution in [0.15, 0.2) is 42.7 Å². The van der Waals surface area contributed by atoms with Crippen LogP contribution in [0.5, 0.6) is 0 Å². The van der Waals surface area contributed by atoms with E-state index < -0.39 is 0 Å². The first-order valence-electron chi connectivity index (χ1n) is 10.9. The number of H-pyrrole nitrogens is 1. The zero-order valence-electron chi connectivity index (χ0n) is 17.4. The predicted octanol–water partition coefficient (Wildman–Crippen LogP) is 2.75. The summed E-state index contributed by atoms with van der Waals surface area (Å²) >= 11 is 0. The van der Waals surface area contributed by atoms with Gasteiger partial charge in [-0.1, -0.05) is 18.2 Å². The number of nitrogens with zero attached hydrogens (tertiary/aromatic N) is 3. The molecule has 3 aromatic rings. The third-order valence-corrected chi connectivity index (χ3v) is 6.40. The number of anilines is 1. The fraction of sp³-hybridized carbons (Fsp3) is 0.435. The molecule has 2 amide bonds. The molecule has 0 spiro atoms. The Labute approximate surface area is 180 Å². The summed E-state index contributed by atoms with van der Waals surface area (Å²) < 4.78 is 7.21. The molecule has 162 valence electrons. The number of carbonyl (C=O) groups excluding carboxylic acids is 2. The number of fused-ring (bicyclic) bond motifs is 1. The highest BCUT2D eigenvalue weighted by Gasteiger charge is 2.28. The molecular formula is C23H27N5O3. The lowest BCUT2D eigenvalue weighted by atomic mass is 10.0. The molecule has 8 nitrogen and oxygen atoms in total. The summed E-state index contributed by atoms with van der Waals surface area (Å²) in [5.41, 5.74) is 2.09. The average molecular weight is 422 g/mol. The monoisotopic (exact) mass is 421 g/mol. The Balaban J connectivity index is 1.18. The Hall–Kier alpha value is -3.13. The van der Waals surface area contributed by atoms with E-state index in [2.05, 4.69) is 15.4 Å². The van der Waals surface area contributed by atoms with Crippen LogP contribution in [-0.4, -0.2) is 57.8 Å². The van der Waals surface area contributed by atoms with E-state index in [4.69, 9.17) is 4.74 Å². The van der Waals surface area contributed by atoms with E-state index in [-0.39, 0.29) is 23.8 Å². The van der Waals surface area contributed by atoms with E-state index in [1.165, 1.54) is 0 Å². The van der Waals surface area contributed by atoms with E-state index in [9.17, 15) is 9.59 Å². The van der Waals surface area contributed by atoms with Crippen molar-refractivity contribution in [3.8, 4) is 0 Å². The van der Waals surface area contributed by atoms with E-state index in [1.54, 1.807) is 6.20 Å². The predicted molar refractivity (Wildman–Crippen MR) is 117 cm³/mol. The van der Waals surface area contributed by atoms with Gasteiger partial charge in [-0.2, -0.15) is 5.10 Å². The van der Waals surface area contributed by atoms with E-state index >= 15 is 0 Å². The second-order valence-corrected chi connectivity index (χ2v) is 8.36. The number of aromatic nitrogens is 3. The fourth-order valence-corrected chi connectivity index (χ4v) is 4.59. The third kappa shape index (κ3) is 4.07. The van der Waals surface area contributed by atoms with Gasteiger partial charge in [-0.05, 0) is 30.9 Å². The third-order valence-electron chi connectivity index (χ3n) is 6.40. The molecular weight excluding hydrogens is 394 g/mol. The zero-order chi connectivity index (χ0) is 21.2. The molecule has 4 heterocycles. The second kappa shape index (κ2) is 8.55. The Bertz CT molecular complexity index is 1070. The van der Waals surface area contributed by atoms with E-state index in [0.29, 0.717) is 32.7 Å². The Kier molecular flexibility index (Phi) is 5.46. The Morgan fingerprint density at radius 2 is 2.00 bits per heavy atom. The van der Waals surface area contributed by atoms with Gasteiger partial charge in [0.05, 0.1) is 31.2 Å². The summed E-state index contributed by atoms with van der Waals surface area (Å²) in [6.45, 7) is 2.50. The molecule has 1 aromatic carbocycles. The number of benzene rings is 1. The van der Waals surface area contributed by atoms with Crippen molar-refractivity contribution < 1.29 is 14.3 Å². The highest BCUT2D eigenvalue weighted by Crippen LogP contribution is 2.27. The first kappa shape index (κ1) is 19.8. The van der Waals surface area contributed by atoms with Crippen LogP contribution >= 0.6 is 0 Å². The number of aromatic amines is 1. The summed E-state index contributed by atoms with van der Waals surface area (Å²) in [6.07, 6.45) is 6.45. The first-order valence-corrected chi connectivity index (χ1v) is 10.9. The van der Waals surface area contributed by atoms with Gasteiger partial charge in [0.2, 0.25) is 11.8 Å². The van der Waals surface area contributed by atoms with Crippen molar-refractivity contribution >= 4 is 28.5 Å². The molecule has 2 fully saturated rings. The number of hydrogen-bond acceptors (Lipinski definition) is 4. The van der Waals surface area contributed by atoms with Crippen LogP contribution in [0.3, 0.4) is 0 Å². The SMILES string of the molecule is O=C(Nc1ccnn1C1CCN(C(=O)Cc2c[nH]c3ccccc23)CC1)[C@@H]1CCOC1. The van der Waals surface area contributed by atoms with Gasteiger partial charge in [-0.15, -0.1) is 0 Å². The van der Waals surface area contributed by atoms with E-state index in [0.717, 1.165) is 41.5 Å². The van der Waals surface area contributed by atoms with Crippen LogP contribution in [0.4, 0.5) is 5.82 Å². The van der Waals surface area contributed by atoms with Gasteiger partial charge in [0.15, 0.2) is 0 Å². The molecule has 2 aromatic heterocycles. The van der Waals surface area contributed by atoms with Crippen LogP contribution in [0, 0.1) is 5.92 Å². The standard InChI is InChI=1S/C23H27N5O3/c29-22(13-17-14-24-20-4-2-1-3-19(17)20)27-10-6-18(7-11-27)28-21(5-9-25-28)26-23(30)16-8-12-31-15-16/h1-5,9,14,16,18,24H,6-8,10-13,15H2,(H,26,30)/t16-/m1/s1. The minimum absolute atomic E-state index is 0.00871.